The van der Waals surface area contributed by atoms with Gasteiger partial charge in [-0.15, -0.1) is 0 Å². The van der Waals surface area contributed by atoms with E-state index in [0.29, 0.717) is 0 Å². The van der Waals surface area contributed by atoms with Crippen LogP contribution in [0.1, 0.15) is 18.2 Å². The maximum atomic E-state index is 13.3. The summed E-state index contributed by atoms with van der Waals surface area (Å²) in [6.07, 6.45) is -0.640. The highest BCUT2D eigenvalue weighted by Gasteiger charge is 2.13. The number of hydrogen-bond donors (Lipinski definition) is 0. The molecule has 15 heavy (non-hydrogen) atoms. The second-order valence-corrected chi connectivity index (χ2v) is 5.31. The third-order valence-electron chi connectivity index (χ3n) is 2.01. The predicted octanol–water partition coefficient (Wildman–Crippen LogP) is 2.46. The second-order valence-electron chi connectivity index (χ2n) is 3.29. The van der Waals surface area contributed by atoms with Crippen LogP contribution in [0.3, 0.4) is 0 Å². The Morgan fingerprint density at radius 2 is 2.07 bits per heavy atom. The van der Waals surface area contributed by atoms with Gasteiger partial charge in [0.1, 0.15) is 6.17 Å². The van der Waals surface area contributed by atoms with Gasteiger partial charge in [-0.1, -0.05) is 12.1 Å². The van der Waals surface area contributed by atoms with Crippen LogP contribution in [0.25, 0.3) is 0 Å². The molecule has 5 heteroatoms. The number of hydrogen-bond acceptors (Lipinski definition) is 2. The van der Waals surface area contributed by atoms with Crippen molar-refractivity contribution in [2.45, 2.75) is 17.5 Å². The van der Waals surface area contributed by atoms with Crippen molar-refractivity contribution in [2.24, 2.45) is 0 Å². The van der Waals surface area contributed by atoms with Crippen LogP contribution in [0.2, 0.25) is 0 Å². The topological polar surface area (TPSA) is 34.1 Å². The van der Waals surface area contributed by atoms with Gasteiger partial charge in [-0.3, -0.25) is 4.39 Å². The lowest BCUT2D eigenvalue weighted by Gasteiger charge is -2.07. The van der Waals surface area contributed by atoms with Gasteiger partial charge in [-0.05, 0) is 17.7 Å². The minimum Gasteiger partial charge on any atom is -0.251 e. The standard InChI is InChI=1S/C10H12F2O2S/c1-15(13,14)9-4-2-3-8(7-9)10(12)5-6-11/h2-4,7,10H,5-6H2,1H3. The zero-order valence-corrected chi connectivity index (χ0v) is 9.10. The summed E-state index contributed by atoms with van der Waals surface area (Å²) in [5, 5.41) is 0. The quantitative estimate of drug-likeness (QED) is 0.802. The van der Waals surface area contributed by atoms with Crippen molar-refractivity contribution in [3.8, 4) is 0 Å². The minimum atomic E-state index is -3.33. The molecule has 0 fully saturated rings. The lowest BCUT2D eigenvalue weighted by molar-refractivity contribution is 0.289. The molecule has 0 aliphatic carbocycles. The van der Waals surface area contributed by atoms with Gasteiger partial charge in [-0.2, -0.15) is 0 Å². The first-order chi connectivity index (χ1) is 6.95. The Hall–Kier alpha value is -0.970. The summed E-state index contributed by atoms with van der Waals surface area (Å²) in [7, 11) is -3.33. The van der Waals surface area contributed by atoms with Gasteiger partial charge in [0.25, 0.3) is 0 Å². The summed E-state index contributed by atoms with van der Waals surface area (Å²) < 4.78 is 47.5. The molecule has 1 unspecified atom stereocenters. The molecule has 0 aliphatic rings. The van der Waals surface area contributed by atoms with Gasteiger partial charge >= 0.3 is 0 Å². The Balaban J connectivity index is 3.03. The molecule has 0 bridgehead atoms. The van der Waals surface area contributed by atoms with Crippen LogP contribution < -0.4 is 0 Å². The van der Waals surface area contributed by atoms with E-state index in [2.05, 4.69) is 0 Å². The monoisotopic (exact) mass is 234 g/mol. The largest absolute Gasteiger partial charge is 0.251 e. The number of benzene rings is 1. The van der Waals surface area contributed by atoms with Crippen LogP contribution in [-0.2, 0) is 9.84 Å². The van der Waals surface area contributed by atoms with Crippen LogP contribution in [0.4, 0.5) is 8.78 Å². The molecule has 1 aromatic carbocycles. The van der Waals surface area contributed by atoms with Crippen molar-refractivity contribution in [1.29, 1.82) is 0 Å². The predicted molar refractivity (Wildman–Crippen MR) is 54.0 cm³/mol. The highest BCUT2D eigenvalue weighted by atomic mass is 32.2. The molecule has 0 aromatic heterocycles. The normalized spacial score (nSPS) is 13.8. The fourth-order valence-corrected chi connectivity index (χ4v) is 1.88. The minimum absolute atomic E-state index is 0.0570. The van der Waals surface area contributed by atoms with E-state index in [0.717, 1.165) is 6.26 Å². The highest BCUT2D eigenvalue weighted by molar-refractivity contribution is 7.90. The molecule has 0 saturated carbocycles. The molecule has 0 radical (unpaired) electrons. The van der Waals surface area contributed by atoms with E-state index < -0.39 is 22.7 Å². The van der Waals surface area contributed by atoms with Crippen molar-refractivity contribution >= 4 is 9.84 Å². The van der Waals surface area contributed by atoms with Gasteiger partial charge in [0.2, 0.25) is 0 Å². The number of halogens is 2. The van der Waals surface area contributed by atoms with E-state index in [4.69, 9.17) is 0 Å². The molecule has 0 spiro atoms. The lowest BCUT2D eigenvalue weighted by Crippen LogP contribution is -2.00. The third kappa shape index (κ3) is 3.27. The summed E-state index contributed by atoms with van der Waals surface area (Å²) in [5.74, 6) is 0. The average Bonchev–Trinajstić information content (AvgIpc) is 2.17. The smallest absolute Gasteiger partial charge is 0.175 e. The summed E-state index contributed by atoms with van der Waals surface area (Å²) in [4.78, 5) is 0.0570. The van der Waals surface area contributed by atoms with Crippen molar-refractivity contribution in [3.05, 3.63) is 29.8 Å². The third-order valence-corrected chi connectivity index (χ3v) is 3.12. The molecule has 0 amide bonds. The zero-order chi connectivity index (χ0) is 11.5. The van der Waals surface area contributed by atoms with Gasteiger partial charge in [-0.25, -0.2) is 12.8 Å². The van der Waals surface area contributed by atoms with Crippen molar-refractivity contribution in [3.63, 3.8) is 0 Å². The Kier molecular flexibility index (Phi) is 3.79. The molecule has 2 nitrogen and oxygen atoms in total. The van der Waals surface area contributed by atoms with Gasteiger partial charge in [0.15, 0.2) is 9.84 Å². The van der Waals surface area contributed by atoms with Crippen LogP contribution in [0.5, 0.6) is 0 Å². The highest BCUT2D eigenvalue weighted by Crippen LogP contribution is 2.23. The summed E-state index contributed by atoms with van der Waals surface area (Å²) >= 11 is 0. The first-order valence-electron chi connectivity index (χ1n) is 4.45. The number of sulfone groups is 1. The van der Waals surface area contributed by atoms with Gasteiger partial charge < -0.3 is 0 Å². The molecule has 0 N–H and O–H groups in total. The first kappa shape index (κ1) is 12.1. The zero-order valence-electron chi connectivity index (χ0n) is 8.28. The van der Waals surface area contributed by atoms with E-state index in [9.17, 15) is 17.2 Å². The fourth-order valence-electron chi connectivity index (χ4n) is 1.20. The maximum absolute atomic E-state index is 13.3. The lowest BCUT2D eigenvalue weighted by atomic mass is 10.1. The fraction of sp³-hybridized carbons (Fsp3) is 0.400. The van der Waals surface area contributed by atoms with Crippen LogP contribution in [0, 0.1) is 0 Å². The Labute approximate surface area is 87.8 Å². The number of rotatable bonds is 4. The molecule has 84 valence electrons. The summed E-state index contributed by atoms with van der Waals surface area (Å²) in [6.45, 7) is -0.760. The van der Waals surface area contributed by atoms with Crippen molar-refractivity contribution < 1.29 is 17.2 Å². The van der Waals surface area contributed by atoms with Crippen molar-refractivity contribution in [2.75, 3.05) is 12.9 Å². The Morgan fingerprint density at radius 1 is 1.40 bits per heavy atom. The molecular formula is C10H12F2O2S. The average molecular weight is 234 g/mol. The van der Waals surface area contributed by atoms with Gasteiger partial charge in [0, 0.05) is 12.7 Å². The SMILES string of the molecule is CS(=O)(=O)c1cccc(C(F)CCF)c1. The molecule has 0 saturated heterocycles. The molecule has 0 aliphatic heterocycles. The summed E-state index contributed by atoms with van der Waals surface area (Å²) in [5.41, 5.74) is 0.204. The molecule has 1 rings (SSSR count). The van der Waals surface area contributed by atoms with E-state index in [-0.39, 0.29) is 16.9 Å². The van der Waals surface area contributed by atoms with E-state index in [1.165, 1.54) is 24.3 Å². The van der Waals surface area contributed by atoms with Crippen LogP contribution >= 0.6 is 0 Å². The van der Waals surface area contributed by atoms with Crippen molar-refractivity contribution in [1.82, 2.24) is 0 Å². The first-order valence-corrected chi connectivity index (χ1v) is 6.34. The van der Waals surface area contributed by atoms with E-state index in [1.54, 1.807) is 0 Å². The molecule has 1 aromatic rings. The van der Waals surface area contributed by atoms with Gasteiger partial charge in [0.05, 0.1) is 11.6 Å². The molecule has 1 atom stereocenters. The van der Waals surface area contributed by atoms with E-state index in [1.807, 2.05) is 0 Å². The number of alkyl halides is 2. The van der Waals surface area contributed by atoms with E-state index >= 15 is 0 Å². The molecular weight excluding hydrogens is 222 g/mol. The van der Waals surface area contributed by atoms with Crippen LogP contribution in [0.15, 0.2) is 29.2 Å². The molecule has 0 heterocycles. The Morgan fingerprint density at radius 3 is 2.60 bits per heavy atom. The maximum Gasteiger partial charge on any atom is 0.175 e. The summed E-state index contributed by atoms with van der Waals surface area (Å²) in [6, 6.07) is 5.54. The van der Waals surface area contributed by atoms with Crippen LogP contribution in [-0.4, -0.2) is 21.3 Å². The Bertz CT molecular complexity index is 429. The second kappa shape index (κ2) is 4.70.